The first-order chi connectivity index (χ1) is 12.6. The van der Waals surface area contributed by atoms with Gasteiger partial charge in [0.15, 0.2) is 11.5 Å². The molecule has 0 unspecified atom stereocenters. The zero-order chi connectivity index (χ0) is 18.3. The number of amides is 2. The summed E-state index contributed by atoms with van der Waals surface area (Å²) in [6.07, 6.45) is 11.7. The standard InChI is InChI=1S/C20H18N2O4/c1-3-8-26-15-7-4-12(9-16(15)25-2)11-21-22-19(23)17-13-5-6-14(10-13)18(17)20(22)24/h1,4-7,9,11,13-14,17-18H,8,10H2,2H3/t13-,14-,17-,18+/m0/s1. The Labute approximate surface area is 151 Å². The number of nitrogens with zero attached hydrogens (tertiary/aromatic N) is 2. The van der Waals surface area contributed by atoms with Crippen molar-refractivity contribution in [3.63, 3.8) is 0 Å². The minimum Gasteiger partial charge on any atom is -0.493 e. The molecule has 1 saturated carbocycles. The first-order valence-corrected chi connectivity index (χ1v) is 8.48. The van der Waals surface area contributed by atoms with E-state index >= 15 is 0 Å². The van der Waals surface area contributed by atoms with Crippen molar-refractivity contribution in [2.45, 2.75) is 6.42 Å². The highest BCUT2D eigenvalue weighted by Gasteiger charge is 2.59. The fourth-order valence-electron chi connectivity index (χ4n) is 4.13. The normalized spacial score (nSPS) is 28.7. The summed E-state index contributed by atoms with van der Waals surface area (Å²) in [6, 6.07) is 5.19. The third-order valence-corrected chi connectivity index (χ3v) is 5.27. The van der Waals surface area contributed by atoms with E-state index in [1.807, 2.05) is 0 Å². The van der Waals surface area contributed by atoms with Gasteiger partial charge in [0.05, 0.1) is 25.2 Å². The summed E-state index contributed by atoms with van der Waals surface area (Å²) >= 11 is 0. The summed E-state index contributed by atoms with van der Waals surface area (Å²) in [6.45, 7) is 0.139. The second-order valence-corrected chi connectivity index (χ2v) is 6.64. The maximum Gasteiger partial charge on any atom is 0.254 e. The smallest absolute Gasteiger partial charge is 0.254 e. The van der Waals surface area contributed by atoms with Gasteiger partial charge >= 0.3 is 0 Å². The lowest BCUT2D eigenvalue weighted by Crippen LogP contribution is -2.28. The van der Waals surface area contributed by atoms with E-state index in [0.717, 1.165) is 11.4 Å². The highest BCUT2D eigenvalue weighted by Crippen LogP contribution is 2.52. The molecule has 2 aliphatic carbocycles. The SMILES string of the molecule is C#CCOc1ccc(C=NN2C(=O)[C@@H]3[C@H](C2=O)[C@H]2C=C[C@H]3C2)cc1OC. The van der Waals surface area contributed by atoms with Crippen molar-refractivity contribution in [3.05, 3.63) is 35.9 Å². The molecule has 26 heavy (non-hydrogen) atoms. The molecule has 2 amide bonds. The average Bonchev–Trinajstić information content (AvgIpc) is 3.33. The molecule has 1 aromatic rings. The molecule has 1 aromatic carbocycles. The Morgan fingerprint density at radius 1 is 1.23 bits per heavy atom. The first-order valence-electron chi connectivity index (χ1n) is 8.48. The molecule has 6 heteroatoms. The Morgan fingerprint density at radius 2 is 1.92 bits per heavy atom. The summed E-state index contributed by atoms with van der Waals surface area (Å²) in [7, 11) is 1.52. The quantitative estimate of drug-likeness (QED) is 0.352. The van der Waals surface area contributed by atoms with Crippen LogP contribution in [0.3, 0.4) is 0 Å². The van der Waals surface area contributed by atoms with Crippen molar-refractivity contribution in [1.29, 1.82) is 0 Å². The van der Waals surface area contributed by atoms with Gasteiger partial charge < -0.3 is 9.47 Å². The summed E-state index contributed by atoms with van der Waals surface area (Å²) in [5, 5.41) is 5.18. The molecule has 1 heterocycles. The van der Waals surface area contributed by atoms with Gasteiger partial charge in [-0.1, -0.05) is 18.1 Å². The zero-order valence-electron chi connectivity index (χ0n) is 14.3. The van der Waals surface area contributed by atoms with E-state index in [1.54, 1.807) is 18.2 Å². The van der Waals surface area contributed by atoms with E-state index in [0.29, 0.717) is 17.1 Å². The maximum absolute atomic E-state index is 12.6. The van der Waals surface area contributed by atoms with Crippen LogP contribution in [-0.2, 0) is 9.59 Å². The number of fused-ring (bicyclic) bond motifs is 5. The van der Waals surface area contributed by atoms with Gasteiger partial charge in [0.1, 0.15) is 6.61 Å². The largest absolute Gasteiger partial charge is 0.493 e. The lowest BCUT2D eigenvalue weighted by Gasteiger charge is -2.13. The van der Waals surface area contributed by atoms with Crippen LogP contribution in [0, 0.1) is 36.0 Å². The molecule has 6 nitrogen and oxygen atoms in total. The number of carbonyl (C=O) groups excluding carboxylic acids is 2. The zero-order valence-corrected chi connectivity index (χ0v) is 14.3. The Kier molecular flexibility index (Phi) is 4.00. The molecule has 0 radical (unpaired) electrons. The Morgan fingerprint density at radius 3 is 2.54 bits per heavy atom. The number of methoxy groups -OCH3 is 1. The van der Waals surface area contributed by atoms with E-state index in [1.165, 1.54) is 13.3 Å². The van der Waals surface area contributed by atoms with Gasteiger partial charge in [-0.25, -0.2) is 0 Å². The topological polar surface area (TPSA) is 68.2 Å². The number of hydrogen-bond acceptors (Lipinski definition) is 5. The van der Waals surface area contributed by atoms with Crippen LogP contribution in [0.25, 0.3) is 0 Å². The fourth-order valence-corrected chi connectivity index (χ4v) is 4.13. The molecule has 0 aromatic heterocycles. The van der Waals surface area contributed by atoms with Crippen molar-refractivity contribution in [3.8, 4) is 23.8 Å². The predicted octanol–water partition coefficient (Wildman–Crippen LogP) is 1.85. The number of hydrogen-bond donors (Lipinski definition) is 0. The molecule has 0 N–H and O–H groups in total. The van der Waals surface area contributed by atoms with Gasteiger partial charge in [0, 0.05) is 0 Å². The molecular weight excluding hydrogens is 332 g/mol. The van der Waals surface area contributed by atoms with Crippen LogP contribution >= 0.6 is 0 Å². The Hall–Kier alpha value is -3.07. The number of hydrazone groups is 1. The second kappa shape index (κ2) is 6.34. The minimum absolute atomic E-state index is 0.139. The Balaban J connectivity index is 1.53. The highest BCUT2D eigenvalue weighted by atomic mass is 16.5. The third-order valence-electron chi connectivity index (χ3n) is 5.27. The van der Waals surface area contributed by atoms with E-state index in [2.05, 4.69) is 23.2 Å². The van der Waals surface area contributed by atoms with E-state index in [-0.39, 0.29) is 42.1 Å². The van der Waals surface area contributed by atoms with Crippen LogP contribution < -0.4 is 9.47 Å². The van der Waals surface area contributed by atoms with Gasteiger partial charge in [-0.2, -0.15) is 10.1 Å². The summed E-state index contributed by atoms with van der Waals surface area (Å²) in [4.78, 5) is 25.2. The second-order valence-electron chi connectivity index (χ2n) is 6.64. The molecule has 2 fully saturated rings. The molecule has 132 valence electrons. The van der Waals surface area contributed by atoms with Crippen LogP contribution in [-0.4, -0.2) is 36.8 Å². The van der Waals surface area contributed by atoms with Crippen molar-refractivity contribution >= 4 is 18.0 Å². The number of benzene rings is 1. The van der Waals surface area contributed by atoms with Gasteiger partial charge in [-0.05, 0) is 42.0 Å². The number of ether oxygens (including phenoxy) is 2. The molecule has 0 spiro atoms. The van der Waals surface area contributed by atoms with Gasteiger partial charge in [-0.3, -0.25) is 9.59 Å². The monoisotopic (exact) mass is 350 g/mol. The highest BCUT2D eigenvalue weighted by molar-refractivity contribution is 6.06. The van der Waals surface area contributed by atoms with E-state index in [9.17, 15) is 9.59 Å². The number of rotatable bonds is 5. The number of imide groups is 1. The molecule has 4 rings (SSSR count). The molecular formula is C20H18N2O4. The van der Waals surface area contributed by atoms with Crippen molar-refractivity contribution in [2.24, 2.45) is 28.8 Å². The lowest BCUT2D eigenvalue weighted by molar-refractivity contribution is -0.140. The van der Waals surface area contributed by atoms with Crippen LogP contribution in [0.2, 0.25) is 0 Å². The van der Waals surface area contributed by atoms with Crippen molar-refractivity contribution in [1.82, 2.24) is 5.01 Å². The number of terminal acetylenes is 1. The van der Waals surface area contributed by atoms with Crippen LogP contribution in [0.15, 0.2) is 35.5 Å². The fraction of sp³-hybridized carbons (Fsp3) is 0.350. The van der Waals surface area contributed by atoms with Crippen molar-refractivity contribution < 1.29 is 19.1 Å². The number of allylic oxidation sites excluding steroid dienone is 2. The molecule has 1 aliphatic heterocycles. The lowest BCUT2D eigenvalue weighted by atomic mass is 9.85. The molecule has 3 aliphatic rings. The predicted molar refractivity (Wildman–Crippen MR) is 94.5 cm³/mol. The summed E-state index contributed by atoms with van der Waals surface area (Å²) in [5.41, 5.74) is 0.689. The molecule has 4 atom stereocenters. The third kappa shape index (κ3) is 2.48. The van der Waals surface area contributed by atoms with E-state index in [4.69, 9.17) is 15.9 Å². The molecule has 2 bridgehead atoms. The van der Waals surface area contributed by atoms with Gasteiger partial charge in [0.2, 0.25) is 0 Å². The minimum atomic E-state index is -0.247. The van der Waals surface area contributed by atoms with Gasteiger partial charge in [-0.15, -0.1) is 6.42 Å². The maximum atomic E-state index is 12.6. The van der Waals surface area contributed by atoms with Crippen molar-refractivity contribution in [2.75, 3.05) is 13.7 Å². The number of carbonyl (C=O) groups is 2. The van der Waals surface area contributed by atoms with E-state index < -0.39 is 0 Å². The average molecular weight is 350 g/mol. The summed E-state index contributed by atoms with van der Waals surface area (Å²) in [5.74, 6) is 2.88. The van der Waals surface area contributed by atoms with Gasteiger partial charge in [0.25, 0.3) is 11.8 Å². The van der Waals surface area contributed by atoms with Crippen LogP contribution in [0.4, 0.5) is 0 Å². The molecule has 1 saturated heterocycles. The van der Waals surface area contributed by atoms with Crippen LogP contribution in [0.1, 0.15) is 12.0 Å². The Bertz CT molecular complexity index is 837. The summed E-state index contributed by atoms with van der Waals surface area (Å²) < 4.78 is 10.7. The first kappa shape index (κ1) is 16.4. The van der Waals surface area contributed by atoms with Crippen LogP contribution in [0.5, 0.6) is 11.5 Å².